The van der Waals surface area contributed by atoms with Crippen molar-refractivity contribution in [1.82, 2.24) is 4.98 Å². The molecule has 22 heavy (non-hydrogen) atoms. The van der Waals surface area contributed by atoms with E-state index < -0.39 is 0 Å². The predicted molar refractivity (Wildman–Crippen MR) is 89.1 cm³/mol. The monoisotopic (exact) mass is 295 g/mol. The normalized spacial score (nSPS) is 20.4. The molecule has 2 aliphatic heterocycles. The lowest BCUT2D eigenvalue weighted by atomic mass is 9.95. The summed E-state index contributed by atoms with van der Waals surface area (Å²) in [5.74, 6) is 0. The van der Waals surface area contributed by atoms with Crippen LogP contribution in [-0.4, -0.2) is 30.8 Å². The van der Waals surface area contributed by atoms with Gasteiger partial charge in [-0.2, -0.15) is 0 Å². The molecule has 2 aliphatic rings. The fourth-order valence-electron chi connectivity index (χ4n) is 3.54. The number of ether oxygens (including phenoxy) is 1. The molecule has 4 nitrogen and oxygen atoms in total. The molecule has 4 rings (SSSR count). The molecule has 1 aromatic heterocycles. The quantitative estimate of drug-likeness (QED) is 0.822. The SMILES string of the molecule is Cc1ccc(N)cc1-c1cnc2c(c1)N1CCOCC1CC2. The number of benzene rings is 1. The van der Waals surface area contributed by atoms with Crippen molar-refractivity contribution in [2.45, 2.75) is 25.8 Å². The number of hydrogen-bond donors (Lipinski definition) is 1. The third-order valence-corrected chi connectivity index (χ3v) is 4.77. The molecule has 0 amide bonds. The summed E-state index contributed by atoms with van der Waals surface area (Å²) in [5, 5.41) is 0. The van der Waals surface area contributed by atoms with Crippen molar-refractivity contribution >= 4 is 11.4 Å². The van der Waals surface area contributed by atoms with Crippen molar-refractivity contribution in [2.24, 2.45) is 0 Å². The van der Waals surface area contributed by atoms with E-state index in [-0.39, 0.29) is 0 Å². The first-order valence-electron chi connectivity index (χ1n) is 7.92. The summed E-state index contributed by atoms with van der Waals surface area (Å²) in [5.41, 5.74) is 12.8. The van der Waals surface area contributed by atoms with Crippen molar-refractivity contribution in [3.8, 4) is 11.1 Å². The summed E-state index contributed by atoms with van der Waals surface area (Å²) in [6.45, 7) is 4.71. The molecule has 114 valence electrons. The van der Waals surface area contributed by atoms with E-state index in [1.807, 2.05) is 18.3 Å². The van der Waals surface area contributed by atoms with Gasteiger partial charge in [0.1, 0.15) is 0 Å². The minimum absolute atomic E-state index is 0.500. The molecule has 1 aromatic carbocycles. The molecule has 0 spiro atoms. The molecular weight excluding hydrogens is 274 g/mol. The first-order valence-corrected chi connectivity index (χ1v) is 7.92. The van der Waals surface area contributed by atoms with Crippen LogP contribution < -0.4 is 10.6 Å². The van der Waals surface area contributed by atoms with E-state index in [0.29, 0.717) is 6.04 Å². The molecule has 0 saturated carbocycles. The van der Waals surface area contributed by atoms with Crippen LogP contribution in [0.1, 0.15) is 17.7 Å². The molecule has 1 atom stereocenters. The third-order valence-electron chi connectivity index (χ3n) is 4.77. The molecule has 1 unspecified atom stereocenters. The molecule has 0 bridgehead atoms. The Bertz CT molecular complexity index is 713. The number of nitrogen functional groups attached to an aromatic ring is 1. The Labute approximate surface area is 130 Å². The van der Waals surface area contributed by atoms with E-state index in [1.165, 1.54) is 22.5 Å². The van der Waals surface area contributed by atoms with Crippen LogP contribution in [-0.2, 0) is 11.2 Å². The third kappa shape index (κ3) is 2.24. The maximum atomic E-state index is 5.96. The summed E-state index contributed by atoms with van der Waals surface area (Å²) in [4.78, 5) is 7.21. The van der Waals surface area contributed by atoms with Crippen molar-refractivity contribution in [3.63, 3.8) is 0 Å². The van der Waals surface area contributed by atoms with Gasteiger partial charge < -0.3 is 15.4 Å². The van der Waals surface area contributed by atoms with Crippen LogP contribution in [0.25, 0.3) is 11.1 Å². The average molecular weight is 295 g/mol. The van der Waals surface area contributed by atoms with Crippen molar-refractivity contribution in [1.29, 1.82) is 0 Å². The Morgan fingerprint density at radius 2 is 2.23 bits per heavy atom. The van der Waals surface area contributed by atoms with Crippen LogP contribution in [0.15, 0.2) is 30.5 Å². The van der Waals surface area contributed by atoms with E-state index in [2.05, 4.69) is 24.0 Å². The van der Waals surface area contributed by atoms with Crippen molar-refractivity contribution in [2.75, 3.05) is 30.4 Å². The summed E-state index contributed by atoms with van der Waals surface area (Å²) in [6, 6.07) is 8.84. The number of anilines is 2. The minimum atomic E-state index is 0.500. The van der Waals surface area contributed by atoms with Gasteiger partial charge in [-0.3, -0.25) is 4.98 Å². The van der Waals surface area contributed by atoms with E-state index in [4.69, 9.17) is 15.5 Å². The summed E-state index contributed by atoms with van der Waals surface area (Å²) in [7, 11) is 0. The molecule has 0 aliphatic carbocycles. The first-order chi connectivity index (χ1) is 10.7. The Hall–Kier alpha value is -2.07. The van der Waals surface area contributed by atoms with E-state index in [0.717, 1.165) is 43.9 Å². The first kappa shape index (κ1) is 13.6. The molecule has 0 radical (unpaired) electrons. The highest BCUT2D eigenvalue weighted by molar-refractivity contribution is 5.74. The molecular formula is C18H21N3O. The van der Waals surface area contributed by atoms with Crippen LogP contribution in [0.5, 0.6) is 0 Å². The summed E-state index contributed by atoms with van der Waals surface area (Å²) < 4.78 is 5.63. The molecule has 3 heterocycles. The van der Waals surface area contributed by atoms with Crippen LogP contribution in [0.3, 0.4) is 0 Å². The number of nitrogens with two attached hydrogens (primary N) is 1. The Morgan fingerprint density at radius 3 is 3.14 bits per heavy atom. The Balaban J connectivity index is 1.79. The highest BCUT2D eigenvalue weighted by Crippen LogP contribution is 2.35. The number of morpholine rings is 1. The number of rotatable bonds is 1. The largest absolute Gasteiger partial charge is 0.399 e. The van der Waals surface area contributed by atoms with Gasteiger partial charge in [0.15, 0.2) is 0 Å². The maximum absolute atomic E-state index is 5.96. The van der Waals surface area contributed by atoms with Crippen LogP contribution in [0.2, 0.25) is 0 Å². The Morgan fingerprint density at radius 1 is 1.32 bits per heavy atom. The van der Waals surface area contributed by atoms with Gasteiger partial charge in [0.05, 0.1) is 30.6 Å². The topological polar surface area (TPSA) is 51.4 Å². The van der Waals surface area contributed by atoms with Gasteiger partial charge in [0.25, 0.3) is 0 Å². The molecule has 1 saturated heterocycles. The van der Waals surface area contributed by atoms with Crippen LogP contribution in [0, 0.1) is 6.92 Å². The van der Waals surface area contributed by atoms with Crippen molar-refractivity contribution < 1.29 is 4.74 Å². The van der Waals surface area contributed by atoms with E-state index in [9.17, 15) is 0 Å². The lowest BCUT2D eigenvalue weighted by Crippen LogP contribution is -2.48. The van der Waals surface area contributed by atoms with Gasteiger partial charge in [-0.25, -0.2) is 0 Å². The number of pyridine rings is 1. The smallest absolute Gasteiger partial charge is 0.0671 e. The minimum Gasteiger partial charge on any atom is -0.399 e. The lowest BCUT2D eigenvalue weighted by Gasteiger charge is -2.41. The predicted octanol–water partition coefficient (Wildman–Crippen LogP) is 2.79. The zero-order chi connectivity index (χ0) is 15.1. The number of nitrogens with zero attached hydrogens (tertiary/aromatic N) is 2. The van der Waals surface area contributed by atoms with Gasteiger partial charge in [0.2, 0.25) is 0 Å². The fourth-order valence-corrected chi connectivity index (χ4v) is 3.54. The highest BCUT2D eigenvalue weighted by Gasteiger charge is 2.29. The second-order valence-electron chi connectivity index (χ2n) is 6.22. The zero-order valence-corrected chi connectivity index (χ0v) is 12.9. The van der Waals surface area contributed by atoms with Crippen molar-refractivity contribution in [3.05, 3.63) is 41.7 Å². The van der Waals surface area contributed by atoms with Crippen LogP contribution >= 0.6 is 0 Å². The van der Waals surface area contributed by atoms with Gasteiger partial charge >= 0.3 is 0 Å². The van der Waals surface area contributed by atoms with Gasteiger partial charge in [0, 0.05) is 24.0 Å². The summed E-state index contributed by atoms with van der Waals surface area (Å²) in [6.07, 6.45) is 4.16. The number of fused-ring (bicyclic) bond motifs is 3. The van der Waals surface area contributed by atoms with Crippen LogP contribution in [0.4, 0.5) is 11.4 Å². The molecule has 4 heteroatoms. The maximum Gasteiger partial charge on any atom is 0.0671 e. The van der Waals surface area contributed by atoms with Gasteiger partial charge in [-0.05, 0) is 49.1 Å². The fraction of sp³-hybridized carbons (Fsp3) is 0.389. The Kier molecular flexibility index (Phi) is 3.26. The van der Waals surface area contributed by atoms with E-state index in [1.54, 1.807) is 0 Å². The van der Waals surface area contributed by atoms with E-state index >= 15 is 0 Å². The number of aryl methyl sites for hydroxylation is 2. The average Bonchev–Trinajstić information content (AvgIpc) is 2.56. The number of aromatic nitrogens is 1. The second-order valence-corrected chi connectivity index (χ2v) is 6.22. The molecule has 1 fully saturated rings. The standard InChI is InChI=1S/C18H21N3O/c1-12-2-3-14(19)9-16(12)13-8-18-17(20-10-13)5-4-15-11-22-7-6-21(15)18/h2-3,8-10,15H,4-7,11,19H2,1H3. The highest BCUT2D eigenvalue weighted by atomic mass is 16.5. The summed E-state index contributed by atoms with van der Waals surface area (Å²) >= 11 is 0. The van der Waals surface area contributed by atoms with Gasteiger partial charge in [-0.1, -0.05) is 6.07 Å². The molecule has 2 N–H and O–H groups in total. The second kappa shape index (κ2) is 5.29. The van der Waals surface area contributed by atoms with Gasteiger partial charge in [-0.15, -0.1) is 0 Å². The lowest BCUT2D eigenvalue weighted by molar-refractivity contribution is 0.0894. The zero-order valence-electron chi connectivity index (χ0n) is 12.9. The molecule has 2 aromatic rings. The number of hydrogen-bond acceptors (Lipinski definition) is 4.